The van der Waals surface area contributed by atoms with Gasteiger partial charge in [-0.15, -0.1) is 0 Å². The highest BCUT2D eigenvalue weighted by atomic mass is 35.5. The highest BCUT2D eigenvalue weighted by Gasteiger charge is 2.24. The summed E-state index contributed by atoms with van der Waals surface area (Å²) < 4.78 is 5.69. The van der Waals surface area contributed by atoms with E-state index in [1.165, 1.54) is 5.56 Å². The summed E-state index contributed by atoms with van der Waals surface area (Å²) in [6.45, 7) is 4.62. The predicted octanol–water partition coefficient (Wildman–Crippen LogP) is 4.54. The van der Waals surface area contributed by atoms with Crippen molar-refractivity contribution in [3.05, 3.63) is 64.1 Å². The lowest BCUT2D eigenvalue weighted by molar-refractivity contribution is -0.128. The predicted molar refractivity (Wildman–Crippen MR) is 109 cm³/mol. The molecule has 1 aliphatic rings. The molecule has 1 fully saturated rings. The number of likely N-dealkylation sites (tertiary alicyclic amines) is 1. The van der Waals surface area contributed by atoms with E-state index < -0.39 is 6.10 Å². The molecule has 4 nitrogen and oxygen atoms in total. The van der Waals surface area contributed by atoms with Gasteiger partial charge in [-0.3, -0.25) is 9.69 Å². The van der Waals surface area contributed by atoms with E-state index in [-0.39, 0.29) is 11.9 Å². The number of benzene rings is 2. The van der Waals surface area contributed by atoms with Gasteiger partial charge in [0.2, 0.25) is 0 Å². The van der Waals surface area contributed by atoms with Gasteiger partial charge in [-0.05, 0) is 43.5 Å². The number of amides is 1. The number of hydrogen-bond acceptors (Lipinski definition) is 3. The van der Waals surface area contributed by atoms with Crippen molar-refractivity contribution >= 4 is 29.1 Å². The average Bonchev–Trinajstić information content (AvgIpc) is 2.66. The van der Waals surface area contributed by atoms with E-state index in [1.807, 2.05) is 6.07 Å². The van der Waals surface area contributed by atoms with Crippen molar-refractivity contribution in [3.8, 4) is 5.75 Å². The fourth-order valence-corrected chi connectivity index (χ4v) is 3.66. The molecule has 1 aliphatic heterocycles. The van der Waals surface area contributed by atoms with Crippen molar-refractivity contribution in [3.63, 3.8) is 0 Å². The van der Waals surface area contributed by atoms with Gasteiger partial charge >= 0.3 is 0 Å². The Kier molecular flexibility index (Phi) is 7.00. The second-order valence-corrected chi connectivity index (χ2v) is 7.72. The second-order valence-electron chi connectivity index (χ2n) is 6.88. The molecule has 2 aromatic rings. The molecule has 6 heteroatoms. The fraction of sp³-hybridized carbons (Fsp3) is 0.381. The van der Waals surface area contributed by atoms with Gasteiger partial charge < -0.3 is 10.1 Å². The zero-order valence-corrected chi connectivity index (χ0v) is 16.8. The molecule has 0 saturated carbocycles. The normalized spacial score (nSPS) is 16.7. The van der Waals surface area contributed by atoms with Crippen molar-refractivity contribution in [2.45, 2.75) is 38.5 Å². The van der Waals surface area contributed by atoms with Gasteiger partial charge in [-0.2, -0.15) is 0 Å². The smallest absolute Gasteiger partial charge is 0.260 e. The molecule has 0 bridgehead atoms. The van der Waals surface area contributed by atoms with Gasteiger partial charge in [0.05, 0.1) is 5.02 Å². The fourth-order valence-electron chi connectivity index (χ4n) is 3.21. The molecule has 1 N–H and O–H groups in total. The maximum absolute atomic E-state index is 12.4. The number of nitrogens with one attached hydrogen (secondary N) is 1. The van der Waals surface area contributed by atoms with Gasteiger partial charge in [0, 0.05) is 30.7 Å². The van der Waals surface area contributed by atoms with E-state index in [0.717, 1.165) is 32.5 Å². The summed E-state index contributed by atoms with van der Waals surface area (Å²) in [5.74, 6) is 0.337. The highest BCUT2D eigenvalue weighted by molar-refractivity contribution is 6.35. The first kappa shape index (κ1) is 20.0. The summed E-state index contributed by atoms with van der Waals surface area (Å²) in [6.07, 6.45) is 1.26. The highest BCUT2D eigenvalue weighted by Crippen LogP contribution is 2.28. The molecule has 1 heterocycles. The number of nitrogens with zero attached hydrogens (tertiary/aromatic N) is 1. The zero-order chi connectivity index (χ0) is 19.2. The molecule has 1 saturated heterocycles. The molecule has 0 aromatic heterocycles. The molecule has 27 heavy (non-hydrogen) atoms. The number of rotatable bonds is 6. The maximum Gasteiger partial charge on any atom is 0.260 e. The van der Waals surface area contributed by atoms with Gasteiger partial charge in [-0.1, -0.05) is 53.5 Å². The van der Waals surface area contributed by atoms with E-state index >= 15 is 0 Å². The van der Waals surface area contributed by atoms with Crippen LogP contribution < -0.4 is 10.1 Å². The zero-order valence-electron chi connectivity index (χ0n) is 15.3. The van der Waals surface area contributed by atoms with Crippen LogP contribution in [0.4, 0.5) is 0 Å². The Morgan fingerprint density at radius 3 is 2.56 bits per heavy atom. The van der Waals surface area contributed by atoms with Crippen LogP contribution >= 0.6 is 23.2 Å². The third kappa shape index (κ3) is 5.86. The van der Waals surface area contributed by atoms with Crippen LogP contribution in [0.3, 0.4) is 0 Å². The van der Waals surface area contributed by atoms with Gasteiger partial charge in [0.1, 0.15) is 5.75 Å². The monoisotopic (exact) mass is 406 g/mol. The topological polar surface area (TPSA) is 41.6 Å². The standard InChI is InChI=1S/C21H24Cl2N2O2/c1-15(27-20-8-7-17(22)13-19(20)23)21(26)24-18-9-11-25(12-10-18)14-16-5-3-2-4-6-16/h2-8,13,15,18H,9-12,14H2,1H3,(H,24,26). The van der Waals surface area contributed by atoms with Crippen LogP contribution in [0.2, 0.25) is 10.0 Å². The van der Waals surface area contributed by atoms with E-state index in [0.29, 0.717) is 15.8 Å². The SMILES string of the molecule is CC(Oc1ccc(Cl)cc1Cl)C(=O)NC1CCN(Cc2ccccc2)CC1. The number of carbonyl (C=O) groups is 1. The lowest BCUT2D eigenvalue weighted by Crippen LogP contribution is -2.47. The van der Waals surface area contributed by atoms with E-state index in [2.05, 4.69) is 34.5 Å². The van der Waals surface area contributed by atoms with Crippen molar-refractivity contribution in [1.82, 2.24) is 10.2 Å². The van der Waals surface area contributed by atoms with E-state index in [9.17, 15) is 4.79 Å². The quantitative estimate of drug-likeness (QED) is 0.765. The summed E-state index contributed by atoms with van der Waals surface area (Å²) in [4.78, 5) is 14.9. The minimum absolute atomic E-state index is 0.123. The molecule has 3 rings (SSSR count). The largest absolute Gasteiger partial charge is 0.479 e. The van der Waals surface area contributed by atoms with Crippen LogP contribution in [0.1, 0.15) is 25.3 Å². The molecule has 2 aromatic carbocycles. The molecule has 1 amide bonds. The van der Waals surface area contributed by atoms with Crippen molar-refractivity contribution in [1.29, 1.82) is 0 Å². The molecule has 0 spiro atoms. The number of carbonyl (C=O) groups excluding carboxylic acids is 1. The van der Waals surface area contributed by atoms with Crippen molar-refractivity contribution < 1.29 is 9.53 Å². The minimum atomic E-state index is -0.619. The molecule has 1 atom stereocenters. The second kappa shape index (κ2) is 9.45. The van der Waals surface area contributed by atoms with Crippen molar-refractivity contribution in [2.75, 3.05) is 13.1 Å². The third-order valence-electron chi connectivity index (χ3n) is 4.75. The number of halogens is 2. The molecular formula is C21H24Cl2N2O2. The van der Waals surface area contributed by atoms with Crippen LogP contribution in [0.25, 0.3) is 0 Å². The number of hydrogen-bond donors (Lipinski definition) is 1. The average molecular weight is 407 g/mol. The Balaban J connectivity index is 1.44. The van der Waals surface area contributed by atoms with Crippen molar-refractivity contribution in [2.24, 2.45) is 0 Å². The summed E-state index contributed by atoms with van der Waals surface area (Å²) in [5, 5.41) is 4.03. The van der Waals surface area contributed by atoms with E-state index in [4.69, 9.17) is 27.9 Å². The Labute approximate surface area is 170 Å². The molecule has 144 valence electrons. The first-order valence-electron chi connectivity index (χ1n) is 9.19. The van der Waals surface area contributed by atoms with Crippen LogP contribution in [0.5, 0.6) is 5.75 Å². The Morgan fingerprint density at radius 1 is 1.19 bits per heavy atom. The van der Waals surface area contributed by atoms with Crippen LogP contribution in [-0.4, -0.2) is 36.0 Å². The van der Waals surface area contributed by atoms with Crippen LogP contribution in [0, 0.1) is 0 Å². The lowest BCUT2D eigenvalue weighted by atomic mass is 10.0. The van der Waals surface area contributed by atoms with Gasteiger partial charge in [0.25, 0.3) is 5.91 Å². The Bertz CT molecular complexity index is 762. The molecule has 1 unspecified atom stereocenters. The van der Waals surface area contributed by atoms with E-state index in [1.54, 1.807) is 25.1 Å². The maximum atomic E-state index is 12.4. The van der Waals surface area contributed by atoms with Gasteiger partial charge in [0.15, 0.2) is 6.10 Å². The minimum Gasteiger partial charge on any atom is -0.479 e. The number of piperidine rings is 1. The summed E-state index contributed by atoms with van der Waals surface area (Å²) in [5.41, 5.74) is 1.32. The molecule has 0 radical (unpaired) electrons. The third-order valence-corrected chi connectivity index (χ3v) is 5.28. The van der Waals surface area contributed by atoms with Crippen LogP contribution in [-0.2, 0) is 11.3 Å². The number of ether oxygens (including phenoxy) is 1. The summed E-state index contributed by atoms with van der Waals surface area (Å²) >= 11 is 12.0. The van der Waals surface area contributed by atoms with Gasteiger partial charge in [-0.25, -0.2) is 0 Å². The molecule has 0 aliphatic carbocycles. The Morgan fingerprint density at radius 2 is 1.89 bits per heavy atom. The lowest BCUT2D eigenvalue weighted by Gasteiger charge is -2.32. The first-order valence-corrected chi connectivity index (χ1v) is 9.95. The molecular weight excluding hydrogens is 383 g/mol. The summed E-state index contributed by atoms with van der Waals surface area (Å²) in [7, 11) is 0. The first-order chi connectivity index (χ1) is 13.0. The Hall–Kier alpha value is -1.75. The summed E-state index contributed by atoms with van der Waals surface area (Å²) in [6, 6.07) is 15.6. The van der Waals surface area contributed by atoms with Crippen LogP contribution in [0.15, 0.2) is 48.5 Å².